The van der Waals surface area contributed by atoms with E-state index in [1.807, 2.05) is 31.2 Å². The first-order valence-corrected chi connectivity index (χ1v) is 8.49. The van der Waals surface area contributed by atoms with Crippen LogP contribution in [0.3, 0.4) is 0 Å². The first kappa shape index (κ1) is 19.3. The highest BCUT2D eigenvalue weighted by molar-refractivity contribution is 5.77. The van der Waals surface area contributed by atoms with Gasteiger partial charge < -0.3 is 20.5 Å². The van der Waals surface area contributed by atoms with Crippen molar-refractivity contribution in [3.63, 3.8) is 0 Å². The Morgan fingerprint density at radius 2 is 1.81 bits per heavy atom. The molecule has 0 aliphatic heterocycles. The van der Waals surface area contributed by atoms with Crippen LogP contribution in [0.5, 0.6) is 11.5 Å². The summed E-state index contributed by atoms with van der Waals surface area (Å²) < 4.78 is 11.0. The van der Waals surface area contributed by atoms with Gasteiger partial charge in [-0.15, -0.1) is 0 Å². The molecule has 0 saturated carbocycles. The number of benzene rings is 2. The number of ether oxygens (including phenoxy) is 2. The molecule has 138 valence electrons. The van der Waals surface area contributed by atoms with Crippen LogP contribution in [0.2, 0.25) is 0 Å². The Morgan fingerprint density at radius 1 is 1.04 bits per heavy atom. The Labute approximate surface area is 153 Å². The average Bonchev–Trinajstić information content (AvgIpc) is 2.60. The van der Waals surface area contributed by atoms with Crippen LogP contribution in [0, 0.1) is 6.92 Å². The van der Waals surface area contributed by atoms with Crippen molar-refractivity contribution in [3.8, 4) is 11.5 Å². The van der Waals surface area contributed by atoms with Crippen molar-refractivity contribution in [2.75, 3.05) is 19.8 Å². The lowest BCUT2D eigenvalue weighted by Gasteiger charge is -2.09. The highest BCUT2D eigenvalue weighted by Crippen LogP contribution is 2.13. The molecule has 0 radical (unpaired) electrons. The van der Waals surface area contributed by atoms with E-state index in [-0.39, 0.29) is 24.8 Å². The second kappa shape index (κ2) is 10.1. The zero-order chi connectivity index (χ0) is 18.8. The number of hydrogen-bond donors (Lipinski definition) is 2. The number of nitrogens with one attached hydrogen (secondary N) is 1. The molecule has 0 spiro atoms. The molecule has 0 aromatic heterocycles. The van der Waals surface area contributed by atoms with Crippen molar-refractivity contribution in [3.05, 3.63) is 59.7 Å². The lowest BCUT2D eigenvalue weighted by atomic mass is 10.1. The molecule has 2 aromatic rings. The maximum Gasteiger partial charge on any atom is 0.257 e. The lowest BCUT2D eigenvalue weighted by Crippen LogP contribution is -2.30. The van der Waals surface area contributed by atoms with E-state index in [0.717, 1.165) is 16.9 Å². The minimum absolute atomic E-state index is 0.0616. The second-order valence-corrected chi connectivity index (χ2v) is 5.94. The van der Waals surface area contributed by atoms with Gasteiger partial charge in [-0.25, -0.2) is 0 Å². The molecule has 2 amide bonds. The summed E-state index contributed by atoms with van der Waals surface area (Å²) in [6, 6.07) is 14.8. The van der Waals surface area contributed by atoms with E-state index in [1.54, 1.807) is 24.3 Å². The van der Waals surface area contributed by atoms with Crippen LogP contribution >= 0.6 is 0 Å². The molecule has 3 N–H and O–H groups in total. The number of nitrogens with two attached hydrogens (primary N) is 1. The van der Waals surface area contributed by atoms with Crippen LogP contribution in [0.15, 0.2) is 48.5 Å². The molecule has 2 aromatic carbocycles. The molecular weight excluding hydrogens is 332 g/mol. The van der Waals surface area contributed by atoms with E-state index >= 15 is 0 Å². The van der Waals surface area contributed by atoms with Crippen molar-refractivity contribution >= 4 is 11.8 Å². The molecule has 0 atom stereocenters. The van der Waals surface area contributed by atoms with Crippen LogP contribution in [0.1, 0.15) is 17.5 Å². The number of primary amides is 1. The summed E-state index contributed by atoms with van der Waals surface area (Å²) >= 11 is 0. The molecule has 0 aliphatic rings. The number of aryl methyl sites for hydroxylation is 1. The summed E-state index contributed by atoms with van der Waals surface area (Å²) in [5, 5.41) is 2.78. The molecule has 0 fully saturated rings. The fraction of sp³-hybridized carbons (Fsp3) is 0.300. The van der Waals surface area contributed by atoms with Crippen LogP contribution in [-0.2, 0) is 16.0 Å². The molecule has 26 heavy (non-hydrogen) atoms. The van der Waals surface area contributed by atoms with Gasteiger partial charge >= 0.3 is 0 Å². The summed E-state index contributed by atoms with van der Waals surface area (Å²) in [5.74, 6) is 0.821. The third-order valence-corrected chi connectivity index (χ3v) is 3.57. The summed E-state index contributed by atoms with van der Waals surface area (Å²) in [6.45, 7) is 3.00. The average molecular weight is 356 g/mol. The van der Waals surface area contributed by atoms with Crippen LogP contribution in [0.25, 0.3) is 0 Å². The standard InChI is InChI=1S/C20H24N2O4/c1-15-4-2-5-18(12-15)25-11-3-10-22-20(24)14-26-17-8-6-16(7-9-17)13-19(21)23/h2,4-9,12H,3,10-11,13-14H2,1H3,(H2,21,23)(H,22,24). The Hall–Kier alpha value is -3.02. The van der Waals surface area contributed by atoms with E-state index in [9.17, 15) is 9.59 Å². The number of rotatable bonds is 10. The zero-order valence-corrected chi connectivity index (χ0v) is 14.9. The Balaban J connectivity index is 1.59. The van der Waals surface area contributed by atoms with Crippen molar-refractivity contribution < 1.29 is 19.1 Å². The van der Waals surface area contributed by atoms with Crippen LogP contribution < -0.4 is 20.5 Å². The molecule has 2 rings (SSSR count). The maximum absolute atomic E-state index is 11.8. The lowest BCUT2D eigenvalue weighted by molar-refractivity contribution is -0.123. The van der Waals surface area contributed by atoms with E-state index in [2.05, 4.69) is 5.32 Å². The largest absolute Gasteiger partial charge is 0.494 e. The predicted octanol–water partition coefficient (Wildman–Crippen LogP) is 1.99. The van der Waals surface area contributed by atoms with Crippen molar-refractivity contribution in [1.29, 1.82) is 0 Å². The fourth-order valence-electron chi connectivity index (χ4n) is 2.30. The molecule has 0 bridgehead atoms. The summed E-state index contributed by atoms with van der Waals surface area (Å²) in [4.78, 5) is 22.6. The molecule has 0 unspecified atom stereocenters. The van der Waals surface area contributed by atoms with Gasteiger partial charge in [0, 0.05) is 6.54 Å². The first-order chi connectivity index (χ1) is 12.5. The SMILES string of the molecule is Cc1cccc(OCCCNC(=O)COc2ccc(CC(N)=O)cc2)c1. The van der Waals surface area contributed by atoms with Gasteiger partial charge in [0.05, 0.1) is 13.0 Å². The number of amides is 2. The van der Waals surface area contributed by atoms with Gasteiger partial charge in [-0.05, 0) is 48.7 Å². The topological polar surface area (TPSA) is 90.7 Å². The number of carbonyl (C=O) groups excluding carboxylic acids is 2. The minimum atomic E-state index is -0.385. The second-order valence-electron chi connectivity index (χ2n) is 5.94. The third kappa shape index (κ3) is 7.25. The molecule has 0 saturated heterocycles. The molecular formula is C20H24N2O4. The first-order valence-electron chi connectivity index (χ1n) is 8.49. The minimum Gasteiger partial charge on any atom is -0.494 e. The van der Waals surface area contributed by atoms with E-state index in [1.165, 1.54) is 0 Å². The highest BCUT2D eigenvalue weighted by Gasteiger charge is 2.04. The van der Waals surface area contributed by atoms with Gasteiger partial charge in [0.2, 0.25) is 5.91 Å². The third-order valence-electron chi connectivity index (χ3n) is 3.57. The maximum atomic E-state index is 11.8. The zero-order valence-electron chi connectivity index (χ0n) is 14.9. The molecule has 0 heterocycles. The number of carbonyl (C=O) groups is 2. The van der Waals surface area contributed by atoms with Crippen molar-refractivity contribution in [2.24, 2.45) is 5.73 Å². The Morgan fingerprint density at radius 3 is 2.50 bits per heavy atom. The van der Waals surface area contributed by atoms with Gasteiger partial charge in [0.15, 0.2) is 6.61 Å². The van der Waals surface area contributed by atoms with E-state index in [4.69, 9.17) is 15.2 Å². The quantitative estimate of drug-likeness (QED) is 0.637. The van der Waals surface area contributed by atoms with Gasteiger partial charge in [-0.3, -0.25) is 9.59 Å². The number of hydrogen-bond acceptors (Lipinski definition) is 4. The predicted molar refractivity (Wildman–Crippen MR) is 99.1 cm³/mol. The van der Waals surface area contributed by atoms with Crippen LogP contribution in [0.4, 0.5) is 0 Å². The van der Waals surface area contributed by atoms with Crippen molar-refractivity contribution in [1.82, 2.24) is 5.32 Å². The molecule has 0 aliphatic carbocycles. The smallest absolute Gasteiger partial charge is 0.257 e. The molecule has 6 heteroatoms. The van der Waals surface area contributed by atoms with Gasteiger partial charge in [-0.1, -0.05) is 24.3 Å². The van der Waals surface area contributed by atoms with Crippen LogP contribution in [-0.4, -0.2) is 31.6 Å². The Bertz CT molecular complexity index is 729. The summed E-state index contributed by atoms with van der Waals surface area (Å²) in [7, 11) is 0. The molecule has 6 nitrogen and oxygen atoms in total. The van der Waals surface area contributed by atoms with Gasteiger partial charge in [0.25, 0.3) is 5.91 Å². The monoisotopic (exact) mass is 356 g/mol. The summed E-state index contributed by atoms with van der Waals surface area (Å²) in [5.41, 5.74) is 7.09. The highest BCUT2D eigenvalue weighted by atomic mass is 16.5. The van der Waals surface area contributed by atoms with E-state index in [0.29, 0.717) is 25.3 Å². The Kier molecular flexibility index (Phi) is 7.49. The van der Waals surface area contributed by atoms with Gasteiger partial charge in [-0.2, -0.15) is 0 Å². The summed E-state index contributed by atoms with van der Waals surface area (Å²) in [6.07, 6.45) is 0.896. The fourth-order valence-corrected chi connectivity index (χ4v) is 2.30. The van der Waals surface area contributed by atoms with Crippen molar-refractivity contribution in [2.45, 2.75) is 19.8 Å². The van der Waals surface area contributed by atoms with E-state index < -0.39 is 0 Å². The normalized spacial score (nSPS) is 10.2. The van der Waals surface area contributed by atoms with Gasteiger partial charge in [0.1, 0.15) is 11.5 Å².